The lowest BCUT2D eigenvalue weighted by Gasteiger charge is -1.97. The Balaban J connectivity index is 1.67. The lowest BCUT2D eigenvalue weighted by molar-refractivity contribution is 0.391. The Morgan fingerprint density at radius 2 is 1.75 bits per heavy atom. The summed E-state index contributed by atoms with van der Waals surface area (Å²) in [6.45, 7) is 0. The lowest BCUT2D eigenvalue weighted by atomic mass is 10.2. The molecule has 0 amide bonds. The molecule has 0 unspecified atom stereocenters. The minimum absolute atomic E-state index is 0.636. The van der Waals surface area contributed by atoms with Crippen molar-refractivity contribution in [1.29, 1.82) is 0 Å². The Hall–Kier alpha value is -1.59. The summed E-state index contributed by atoms with van der Waals surface area (Å²) in [6.07, 6.45) is 0. The first-order valence-corrected chi connectivity index (χ1v) is 7.85. The first kappa shape index (κ1) is 13.4. The summed E-state index contributed by atoms with van der Waals surface area (Å²) in [6, 6.07) is 18.0. The molecule has 100 valence electrons. The van der Waals surface area contributed by atoms with Crippen LogP contribution in [0.1, 0.15) is 5.89 Å². The Morgan fingerprint density at radius 3 is 2.50 bits per heavy atom. The van der Waals surface area contributed by atoms with Crippen LogP contribution < -0.4 is 0 Å². The lowest BCUT2D eigenvalue weighted by Crippen LogP contribution is -1.82. The molecule has 2 aromatic carbocycles. The van der Waals surface area contributed by atoms with Gasteiger partial charge in [-0.25, -0.2) is 0 Å². The molecule has 3 aromatic rings. The zero-order valence-corrected chi connectivity index (χ0v) is 12.9. The third kappa shape index (κ3) is 3.29. The SMILES string of the molecule is Brc1ccc(SCc2nc(-c3ccccc3)no2)cc1. The van der Waals surface area contributed by atoms with Gasteiger partial charge in [0.1, 0.15) is 0 Å². The van der Waals surface area contributed by atoms with E-state index in [1.165, 1.54) is 4.90 Å². The van der Waals surface area contributed by atoms with Crippen molar-refractivity contribution in [3.05, 3.63) is 65.0 Å². The van der Waals surface area contributed by atoms with E-state index in [-0.39, 0.29) is 0 Å². The molecule has 0 N–H and O–H groups in total. The van der Waals surface area contributed by atoms with Crippen molar-refractivity contribution >= 4 is 27.7 Å². The summed E-state index contributed by atoms with van der Waals surface area (Å²) in [5.74, 6) is 1.94. The molecular weight excluding hydrogens is 336 g/mol. The van der Waals surface area contributed by atoms with Crippen LogP contribution in [0.25, 0.3) is 11.4 Å². The van der Waals surface area contributed by atoms with E-state index in [0.717, 1.165) is 10.0 Å². The van der Waals surface area contributed by atoms with Gasteiger partial charge in [0, 0.05) is 14.9 Å². The second-order valence-electron chi connectivity index (χ2n) is 4.12. The number of benzene rings is 2. The summed E-state index contributed by atoms with van der Waals surface area (Å²) in [5, 5.41) is 4.01. The zero-order chi connectivity index (χ0) is 13.8. The summed E-state index contributed by atoms with van der Waals surface area (Å²) in [4.78, 5) is 5.58. The van der Waals surface area contributed by atoms with Crippen LogP contribution in [0.4, 0.5) is 0 Å². The van der Waals surface area contributed by atoms with Crippen molar-refractivity contribution in [3.63, 3.8) is 0 Å². The van der Waals surface area contributed by atoms with Gasteiger partial charge in [0.2, 0.25) is 11.7 Å². The number of aromatic nitrogens is 2. The molecule has 0 saturated heterocycles. The predicted molar refractivity (Wildman–Crippen MR) is 83.4 cm³/mol. The normalized spacial score (nSPS) is 10.7. The van der Waals surface area contributed by atoms with E-state index in [0.29, 0.717) is 17.5 Å². The number of hydrogen-bond donors (Lipinski definition) is 0. The van der Waals surface area contributed by atoms with Crippen LogP contribution in [0.3, 0.4) is 0 Å². The Kier molecular flexibility index (Phi) is 4.18. The van der Waals surface area contributed by atoms with Gasteiger partial charge in [0.25, 0.3) is 0 Å². The molecule has 0 aliphatic rings. The maximum atomic E-state index is 5.27. The Bertz CT molecular complexity index is 683. The molecule has 0 atom stereocenters. The highest BCUT2D eigenvalue weighted by Crippen LogP contribution is 2.24. The zero-order valence-electron chi connectivity index (χ0n) is 10.5. The number of thioether (sulfide) groups is 1. The number of nitrogens with zero attached hydrogens (tertiary/aromatic N) is 2. The van der Waals surface area contributed by atoms with Crippen molar-refractivity contribution in [2.45, 2.75) is 10.6 Å². The number of hydrogen-bond acceptors (Lipinski definition) is 4. The molecule has 3 nitrogen and oxygen atoms in total. The van der Waals surface area contributed by atoms with E-state index >= 15 is 0 Å². The van der Waals surface area contributed by atoms with Crippen molar-refractivity contribution in [2.75, 3.05) is 0 Å². The molecular formula is C15H11BrN2OS. The summed E-state index contributed by atoms with van der Waals surface area (Å²) < 4.78 is 6.35. The van der Waals surface area contributed by atoms with Gasteiger partial charge in [-0.05, 0) is 24.3 Å². The third-order valence-electron chi connectivity index (χ3n) is 2.68. The van der Waals surface area contributed by atoms with Crippen LogP contribution in [0.15, 0.2) is 68.5 Å². The van der Waals surface area contributed by atoms with E-state index in [2.05, 4.69) is 38.2 Å². The molecule has 0 spiro atoms. The highest BCUT2D eigenvalue weighted by molar-refractivity contribution is 9.10. The van der Waals surface area contributed by atoms with E-state index in [1.807, 2.05) is 42.5 Å². The summed E-state index contributed by atoms with van der Waals surface area (Å²) >= 11 is 5.09. The molecule has 5 heteroatoms. The van der Waals surface area contributed by atoms with Crippen molar-refractivity contribution in [1.82, 2.24) is 10.1 Å². The predicted octanol–water partition coefficient (Wildman–Crippen LogP) is 4.79. The maximum Gasteiger partial charge on any atom is 0.237 e. The van der Waals surface area contributed by atoms with E-state index in [9.17, 15) is 0 Å². The molecule has 0 saturated carbocycles. The summed E-state index contributed by atoms with van der Waals surface area (Å²) in [5.41, 5.74) is 0.969. The Morgan fingerprint density at radius 1 is 1.00 bits per heavy atom. The fourth-order valence-electron chi connectivity index (χ4n) is 1.69. The van der Waals surface area contributed by atoms with E-state index in [4.69, 9.17) is 4.52 Å². The van der Waals surface area contributed by atoms with Crippen LogP contribution >= 0.6 is 27.7 Å². The summed E-state index contributed by atoms with van der Waals surface area (Å²) in [7, 11) is 0. The molecule has 1 aromatic heterocycles. The van der Waals surface area contributed by atoms with Gasteiger partial charge < -0.3 is 4.52 Å². The molecule has 0 aliphatic heterocycles. The van der Waals surface area contributed by atoms with Crippen molar-refractivity contribution in [3.8, 4) is 11.4 Å². The highest BCUT2D eigenvalue weighted by Gasteiger charge is 2.08. The van der Waals surface area contributed by atoms with Crippen molar-refractivity contribution in [2.24, 2.45) is 0 Å². The van der Waals surface area contributed by atoms with Crippen LogP contribution in [-0.2, 0) is 5.75 Å². The minimum Gasteiger partial charge on any atom is -0.338 e. The second-order valence-corrected chi connectivity index (χ2v) is 6.08. The second kappa shape index (κ2) is 6.24. The van der Waals surface area contributed by atoms with Crippen LogP contribution in [0.2, 0.25) is 0 Å². The average molecular weight is 347 g/mol. The van der Waals surface area contributed by atoms with E-state index in [1.54, 1.807) is 11.8 Å². The topological polar surface area (TPSA) is 38.9 Å². The Labute approximate surface area is 129 Å². The maximum absolute atomic E-state index is 5.27. The number of rotatable bonds is 4. The van der Waals surface area contributed by atoms with Crippen LogP contribution in [0.5, 0.6) is 0 Å². The monoisotopic (exact) mass is 346 g/mol. The quantitative estimate of drug-likeness (QED) is 0.636. The van der Waals surface area contributed by atoms with Gasteiger partial charge in [-0.3, -0.25) is 0 Å². The smallest absolute Gasteiger partial charge is 0.237 e. The van der Waals surface area contributed by atoms with Gasteiger partial charge >= 0.3 is 0 Å². The van der Waals surface area contributed by atoms with Gasteiger partial charge in [-0.2, -0.15) is 4.98 Å². The van der Waals surface area contributed by atoms with Gasteiger partial charge in [-0.15, -0.1) is 11.8 Å². The average Bonchev–Trinajstić information content (AvgIpc) is 2.97. The van der Waals surface area contributed by atoms with Gasteiger partial charge in [-0.1, -0.05) is 51.4 Å². The molecule has 0 bridgehead atoms. The molecule has 20 heavy (non-hydrogen) atoms. The molecule has 0 fully saturated rings. The first-order valence-electron chi connectivity index (χ1n) is 6.07. The minimum atomic E-state index is 0.636. The van der Waals surface area contributed by atoms with Gasteiger partial charge in [0.15, 0.2) is 0 Å². The standard InChI is InChI=1S/C15H11BrN2OS/c16-12-6-8-13(9-7-12)20-10-14-17-15(18-19-14)11-4-2-1-3-5-11/h1-9H,10H2. The molecule has 0 aliphatic carbocycles. The fourth-order valence-corrected chi connectivity index (χ4v) is 2.69. The largest absolute Gasteiger partial charge is 0.338 e. The third-order valence-corrected chi connectivity index (χ3v) is 4.20. The van der Waals surface area contributed by atoms with Crippen LogP contribution in [-0.4, -0.2) is 10.1 Å². The van der Waals surface area contributed by atoms with Gasteiger partial charge in [0.05, 0.1) is 5.75 Å². The van der Waals surface area contributed by atoms with E-state index < -0.39 is 0 Å². The number of halogens is 1. The molecule has 3 rings (SSSR count). The highest BCUT2D eigenvalue weighted by atomic mass is 79.9. The first-order chi connectivity index (χ1) is 9.81. The van der Waals surface area contributed by atoms with Crippen molar-refractivity contribution < 1.29 is 4.52 Å². The molecule has 0 radical (unpaired) electrons. The molecule has 1 heterocycles. The van der Waals surface area contributed by atoms with Crippen LogP contribution in [0, 0.1) is 0 Å². The fraction of sp³-hybridized carbons (Fsp3) is 0.0667.